The predicted octanol–water partition coefficient (Wildman–Crippen LogP) is 2.54. The predicted molar refractivity (Wildman–Crippen MR) is 76.0 cm³/mol. The van der Waals surface area contributed by atoms with Crippen LogP contribution in [0.25, 0.3) is 0 Å². The number of carboxylic acids is 1. The van der Waals surface area contributed by atoms with E-state index < -0.39 is 11.9 Å². The van der Waals surface area contributed by atoms with Gasteiger partial charge in [-0.05, 0) is 18.4 Å². The molecule has 1 N–H and O–H groups in total. The number of rotatable bonds is 4. The molecule has 1 saturated carbocycles. The molecule has 0 unspecified atom stereocenters. The maximum Gasteiger partial charge on any atom is 0.307 e. The van der Waals surface area contributed by atoms with E-state index in [0.29, 0.717) is 19.4 Å². The zero-order chi connectivity index (χ0) is 14.5. The summed E-state index contributed by atoms with van der Waals surface area (Å²) in [6.45, 7) is 0.530. The number of aliphatic carboxylic acids is 1. The molecule has 4 nitrogen and oxygen atoms in total. The molecule has 1 aliphatic carbocycles. The lowest BCUT2D eigenvalue weighted by Gasteiger charge is -2.31. The highest BCUT2D eigenvalue weighted by Crippen LogP contribution is 2.31. The second-order valence-corrected chi connectivity index (χ2v) is 5.52. The minimum Gasteiger partial charge on any atom is -0.481 e. The van der Waals surface area contributed by atoms with E-state index >= 15 is 0 Å². The van der Waals surface area contributed by atoms with Crippen molar-refractivity contribution in [3.63, 3.8) is 0 Å². The summed E-state index contributed by atoms with van der Waals surface area (Å²) in [5, 5.41) is 9.26. The minimum absolute atomic E-state index is 0.0408. The minimum atomic E-state index is -0.837. The molecule has 2 atom stereocenters. The van der Waals surface area contributed by atoms with Gasteiger partial charge in [-0.25, -0.2) is 0 Å². The summed E-state index contributed by atoms with van der Waals surface area (Å²) in [5.74, 6) is -1.76. The van der Waals surface area contributed by atoms with Crippen LogP contribution in [0.4, 0.5) is 0 Å². The van der Waals surface area contributed by atoms with Gasteiger partial charge in [0.2, 0.25) is 5.91 Å². The number of benzene rings is 1. The zero-order valence-corrected chi connectivity index (χ0v) is 11.8. The van der Waals surface area contributed by atoms with Gasteiger partial charge in [-0.2, -0.15) is 0 Å². The highest BCUT2D eigenvalue weighted by atomic mass is 16.4. The Balaban J connectivity index is 2.03. The summed E-state index contributed by atoms with van der Waals surface area (Å²) in [6.07, 6.45) is 3.16. The molecule has 2 rings (SSSR count). The second kappa shape index (κ2) is 6.55. The van der Waals surface area contributed by atoms with Crippen molar-refractivity contribution >= 4 is 11.9 Å². The molecule has 0 aliphatic heterocycles. The van der Waals surface area contributed by atoms with Gasteiger partial charge in [-0.15, -0.1) is 0 Å². The number of carboxylic acid groups (broad SMARTS) is 1. The first-order valence-corrected chi connectivity index (χ1v) is 7.11. The SMILES string of the molecule is CN(Cc1ccccc1)C(=O)[C@@H]1CCCC[C@H]1C(=O)O. The third-order valence-electron chi connectivity index (χ3n) is 4.04. The van der Waals surface area contributed by atoms with Gasteiger partial charge in [-0.1, -0.05) is 43.2 Å². The molecule has 0 spiro atoms. The highest BCUT2D eigenvalue weighted by molar-refractivity contribution is 5.84. The normalized spacial score (nSPS) is 22.2. The van der Waals surface area contributed by atoms with Crippen molar-refractivity contribution in [2.24, 2.45) is 11.8 Å². The van der Waals surface area contributed by atoms with Crippen molar-refractivity contribution in [3.8, 4) is 0 Å². The van der Waals surface area contributed by atoms with Crippen LogP contribution >= 0.6 is 0 Å². The molecule has 0 aromatic heterocycles. The molecule has 0 saturated heterocycles. The summed E-state index contributed by atoms with van der Waals surface area (Å²) in [5.41, 5.74) is 1.06. The van der Waals surface area contributed by atoms with Crippen molar-refractivity contribution in [1.29, 1.82) is 0 Å². The third-order valence-corrected chi connectivity index (χ3v) is 4.04. The highest BCUT2D eigenvalue weighted by Gasteiger charge is 2.36. The molecule has 1 amide bonds. The molecule has 1 aromatic rings. The Kier molecular flexibility index (Phi) is 4.77. The lowest BCUT2D eigenvalue weighted by molar-refractivity contribution is -0.152. The Labute approximate surface area is 119 Å². The molecule has 0 bridgehead atoms. The molecule has 1 aliphatic rings. The first-order valence-electron chi connectivity index (χ1n) is 7.11. The van der Waals surface area contributed by atoms with Crippen LogP contribution in [0.2, 0.25) is 0 Å². The number of amides is 1. The second-order valence-electron chi connectivity index (χ2n) is 5.52. The summed E-state index contributed by atoms with van der Waals surface area (Å²) >= 11 is 0. The summed E-state index contributed by atoms with van der Waals surface area (Å²) in [6, 6.07) is 9.76. The lowest BCUT2D eigenvalue weighted by Crippen LogP contribution is -2.40. The van der Waals surface area contributed by atoms with E-state index in [9.17, 15) is 14.7 Å². The van der Waals surface area contributed by atoms with Crippen LogP contribution in [-0.2, 0) is 16.1 Å². The zero-order valence-electron chi connectivity index (χ0n) is 11.8. The first kappa shape index (κ1) is 14.6. The Hall–Kier alpha value is -1.84. The van der Waals surface area contributed by atoms with Crippen LogP contribution in [0, 0.1) is 11.8 Å². The Morgan fingerprint density at radius 2 is 1.75 bits per heavy atom. The standard InChI is InChI=1S/C16H21NO3/c1-17(11-12-7-3-2-4-8-12)15(18)13-9-5-6-10-14(13)16(19)20/h2-4,7-8,13-14H,5-6,9-11H2,1H3,(H,19,20)/t13-,14-/m1/s1. The van der Waals surface area contributed by atoms with E-state index in [2.05, 4.69) is 0 Å². The summed E-state index contributed by atoms with van der Waals surface area (Å²) in [7, 11) is 1.75. The molecule has 0 radical (unpaired) electrons. The van der Waals surface area contributed by atoms with Crippen LogP contribution < -0.4 is 0 Å². The number of hydrogen-bond acceptors (Lipinski definition) is 2. The fraction of sp³-hybridized carbons (Fsp3) is 0.500. The first-order chi connectivity index (χ1) is 9.59. The monoisotopic (exact) mass is 275 g/mol. The van der Waals surface area contributed by atoms with Gasteiger partial charge >= 0.3 is 5.97 Å². The van der Waals surface area contributed by atoms with Gasteiger partial charge in [0.05, 0.1) is 11.8 Å². The van der Waals surface area contributed by atoms with Crippen molar-refractivity contribution in [3.05, 3.63) is 35.9 Å². The Bertz CT molecular complexity index is 472. The van der Waals surface area contributed by atoms with Crippen LogP contribution in [0.5, 0.6) is 0 Å². The quantitative estimate of drug-likeness (QED) is 0.918. The molecular weight excluding hydrogens is 254 g/mol. The van der Waals surface area contributed by atoms with Crippen LogP contribution in [0.15, 0.2) is 30.3 Å². The van der Waals surface area contributed by atoms with E-state index in [1.807, 2.05) is 30.3 Å². The van der Waals surface area contributed by atoms with E-state index in [1.165, 1.54) is 0 Å². The molecule has 1 fully saturated rings. The van der Waals surface area contributed by atoms with Gasteiger partial charge in [-0.3, -0.25) is 9.59 Å². The van der Waals surface area contributed by atoms with Crippen LogP contribution in [0.3, 0.4) is 0 Å². The fourth-order valence-electron chi connectivity index (χ4n) is 2.94. The lowest BCUT2D eigenvalue weighted by atomic mass is 9.78. The van der Waals surface area contributed by atoms with Gasteiger partial charge in [0.25, 0.3) is 0 Å². The van der Waals surface area contributed by atoms with Gasteiger partial charge in [0.1, 0.15) is 0 Å². The fourth-order valence-corrected chi connectivity index (χ4v) is 2.94. The number of hydrogen-bond donors (Lipinski definition) is 1. The number of carbonyl (C=O) groups excluding carboxylic acids is 1. The third kappa shape index (κ3) is 3.38. The summed E-state index contributed by atoms with van der Waals surface area (Å²) < 4.78 is 0. The van der Waals surface area contributed by atoms with Crippen LogP contribution in [-0.4, -0.2) is 28.9 Å². The molecule has 1 aromatic carbocycles. The van der Waals surface area contributed by atoms with E-state index in [-0.39, 0.29) is 11.8 Å². The molecule has 0 heterocycles. The van der Waals surface area contributed by atoms with Crippen molar-refractivity contribution in [2.75, 3.05) is 7.05 Å². The molecule has 108 valence electrons. The topological polar surface area (TPSA) is 57.6 Å². The largest absolute Gasteiger partial charge is 0.481 e. The van der Waals surface area contributed by atoms with E-state index in [0.717, 1.165) is 18.4 Å². The van der Waals surface area contributed by atoms with Crippen LogP contribution in [0.1, 0.15) is 31.2 Å². The van der Waals surface area contributed by atoms with Gasteiger partial charge < -0.3 is 10.0 Å². The molecular formula is C16H21NO3. The molecule has 20 heavy (non-hydrogen) atoms. The Morgan fingerprint density at radius 1 is 1.15 bits per heavy atom. The number of nitrogens with zero attached hydrogens (tertiary/aromatic N) is 1. The van der Waals surface area contributed by atoms with Crippen molar-refractivity contribution in [2.45, 2.75) is 32.2 Å². The van der Waals surface area contributed by atoms with E-state index in [4.69, 9.17) is 0 Å². The molecule has 4 heteroatoms. The van der Waals surface area contributed by atoms with Gasteiger partial charge in [0, 0.05) is 13.6 Å². The Morgan fingerprint density at radius 3 is 2.35 bits per heavy atom. The van der Waals surface area contributed by atoms with Crippen molar-refractivity contribution in [1.82, 2.24) is 4.90 Å². The average Bonchev–Trinajstić information content (AvgIpc) is 2.47. The average molecular weight is 275 g/mol. The van der Waals surface area contributed by atoms with E-state index in [1.54, 1.807) is 11.9 Å². The summed E-state index contributed by atoms with van der Waals surface area (Å²) in [4.78, 5) is 25.4. The smallest absolute Gasteiger partial charge is 0.307 e. The maximum atomic E-state index is 12.5. The van der Waals surface area contributed by atoms with Crippen molar-refractivity contribution < 1.29 is 14.7 Å². The number of carbonyl (C=O) groups is 2. The maximum absolute atomic E-state index is 12.5. The van der Waals surface area contributed by atoms with Gasteiger partial charge in [0.15, 0.2) is 0 Å².